The van der Waals surface area contributed by atoms with E-state index in [2.05, 4.69) is 15.1 Å². The van der Waals surface area contributed by atoms with Crippen molar-refractivity contribution in [3.05, 3.63) is 0 Å². The Morgan fingerprint density at radius 2 is 1.21 bits per heavy atom. The van der Waals surface area contributed by atoms with E-state index in [-0.39, 0.29) is 37.1 Å². The third-order valence-corrected chi connectivity index (χ3v) is 5.47. The molecule has 10 nitrogen and oxygen atoms in total. The molecule has 2 aliphatic rings. The fourth-order valence-corrected chi connectivity index (χ4v) is 3.33. The van der Waals surface area contributed by atoms with Gasteiger partial charge in [0.25, 0.3) is 0 Å². The Hall–Kier alpha value is -1.75. The maximum Gasteiger partial charge on any atom is 0.241 e. The second-order valence-electron chi connectivity index (χ2n) is 7.81. The van der Waals surface area contributed by atoms with Gasteiger partial charge in [0, 0.05) is 65.3 Å². The molecule has 2 heterocycles. The molecule has 0 unspecified atom stereocenters. The van der Waals surface area contributed by atoms with Gasteiger partial charge in [0.2, 0.25) is 17.7 Å². The highest BCUT2D eigenvalue weighted by molar-refractivity contribution is 5.84. The standard InChI is InChI=1S/C18H35N7O3/c1-22-5-9-24(10-6-22)17(27)14(19)3-4-16(26)21-13-15(20)18(28)25-11-7-23(2)8-12-25/h14-15H,3-13,19-20H2,1-2H3,(H,21,26)/t14-,15-/m0/s1. The van der Waals surface area contributed by atoms with Crippen molar-refractivity contribution in [3.8, 4) is 0 Å². The topological polar surface area (TPSA) is 128 Å². The van der Waals surface area contributed by atoms with Crippen molar-refractivity contribution in [1.82, 2.24) is 24.9 Å². The Balaban J connectivity index is 1.64. The molecule has 0 radical (unpaired) electrons. The van der Waals surface area contributed by atoms with Crippen LogP contribution in [0, 0.1) is 0 Å². The zero-order chi connectivity index (χ0) is 20.7. The first kappa shape index (κ1) is 22.5. The minimum absolute atomic E-state index is 0.0889. The van der Waals surface area contributed by atoms with E-state index < -0.39 is 12.1 Å². The molecular weight excluding hydrogens is 362 g/mol. The molecule has 0 bridgehead atoms. The van der Waals surface area contributed by atoms with Gasteiger partial charge in [-0.05, 0) is 20.5 Å². The van der Waals surface area contributed by atoms with E-state index in [1.165, 1.54) is 0 Å². The molecule has 2 atom stereocenters. The van der Waals surface area contributed by atoms with Crippen LogP contribution in [0.4, 0.5) is 0 Å². The van der Waals surface area contributed by atoms with E-state index in [9.17, 15) is 14.4 Å². The van der Waals surface area contributed by atoms with Crippen molar-refractivity contribution >= 4 is 17.7 Å². The van der Waals surface area contributed by atoms with Gasteiger partial charge < -0.3 is 36.4 Å². The van der Waals surface area contributed by atoms with Crippen LogP contribution in [0.1, 0.15) is 12.8 Å². The number of rotatable bonds is 7. The van der Waals surface area contributed by atoms with Crippen LogP contribution in [0.15, 0.2) is 0 Å². The lowest BCUT2D eigenvalue weighted by Gasteiger charge is -2.34. The minimum atomic E-state index is -0.756. The highest BCUT2D eigenvalue weighted by Gasteiger charge is 2.26. The molecule has 0 aromatic rings. The number of carbonyl (C=O) groups excluding carboxylic acids is 3. The summed E-state index contributed by atoms with van der Waals surface area (Å²) in [4.78, 5) is 44.5. The van der Waals surface area contributed by atoms with E-state index in [0.717, 1.165) is 26.2 Å². The summed E-state index contributed by atoms with van der Waals surface area (Å²) in [6.07, 6.45) is 0.411. The van der Waals surface area contributed by atoms with Gasteiger partial charge in [0.05, 0.1) is 6.04 Å². The minimum Gasteiger partial charge on any atom is -0.354 e. The van der Waals surface area contributed by atoms with Gasteiger partial charge in [0.15, 0.2) is 0 Å². The lowest BCUT2D eigenvalue weighted by Crippen LogP contribution is -2.55. The van der Waals surface area contributed by atoms with Crippen molar-refractivity contribution in [2.24, 2.45) is 11.5 Å². The number of amides is 3. The van der Waals surface area contributed by atoms with E-state index >= 15 is 0 Å². The predicted octanol–water partition coefficient (Wildman–Crippen LogP) is -2.91. The van der Waals surface area contributed by atoms with E-state index in [1.807, 2.05) is 14.1 Å². The van der Waals surface area contributed by atoms with Gasteiger partial charge in [-0.15, -0.1) is 0 Å². The van der Waals surface area contributed by atoms with Gasteiger partial charge >= 0.3 is 0 Å². The Morgan fingerprint density at radius 3 is 1.68 bits per heavy atom. The number of nitrogens with two attached hydrogens (primary N) is 2. The van der Waals surface area contributed by atoms with E-state index in [4.69, 9.17) is 11.5 Å². The zero-order valence-corrected chi connectivity index (χ0v) is 17.1. The molecule has 2 aliphatic heterocycles. The largest absolute Gasteiger partial charge is 0.354 e. The summed E-state index contributed by atoms with van der Waals surface area (Å²) in [5, 5.41) is 2.68. The summed E-state index contributed by atoms with van der Waals surface area (Å²) in [5.74, 6) is -0.499. The number of piperazine rings is 2. The second kappa shape index (κ2) is 10.7. The molecule has 3 amide bonds. The lowest BCUT2D eigenvalue weighted by molar-refractivity contribution is -0.134. The van der Waals surface area contributed by atoms with Crippen LogP contribution in [0.3, 0.4) is 0 Å². The molecule has 0 aromatic carbocycles. The highest BCUT2D eigenvalue weighted by atomic mass is 16.2. The molecule has 28 heavy (non-hydrogen) atoms. The smallest absolute Gasteiger partial charge is 0.241 e. The first-order chi connectivity index (χ1) is 13.3. The number of hydrogen-bond acceptors (Lipinski definition) is 7. The van der Waals surface area contributed by atoms with Crippen molar-refractivity contribution in [3.63, 3.8) is 0 Å². The van der Waals surface area contributed by atoms with Crippen LogP contribution < -0.4 is 16.8 Å². The first-order valence-electron chi connectivity index (χ1n) is 10.0. The molecule has 10 heteroatoms. The monoisotopic (exact) mass is 397 g/mol. The molecule has 2 saturated heterocycles. The summed E-state index contributed by atoms with van der Waals surface area (Å²) in [7, 11) is 4.03. The van der Waals surface area contributed by atoms with Crippen molar-refractivity contribution in [2.75, 3.05) is 73.0 Å². The molecule has 0 spiro atoms. The van der Waals surface area contributed by atoms with Crippen molar-refractivity contribution in [1.29, 1.82) is 0 Å². The number of nitrogens with one attached hydrogen (secondary N) is 1. The molecule has 0 saturated carbocycles. The van der Waals surface area contributed by atoms with Crippen molar-refractivity contribution in [2.45, 2.75) is 24.9 Å². The first-order valence-corrected chi connectivity index (χ1v) is 10.0. The number of likely N-dealkylation sites (N-methyl/N-ethyl adjacent to an activating group) is 2. The van der Waals surface area contributed by atoms with Crippen LogP contribution in [-0.2, 0) is 14.4 Å². The number of carbonyl (C=O) groups is 3. The summed E-state index contributed by atoms with van der Waals surface area (Å²) < 4.78 is 0. The van der Waals surface area contributed by atoms with Gasteiger partial charge in [-0.3, -0.25) is 14.4 Å². The van der Waals surface area contributed by atoms with Crippen LogP contribution in [0.25, 0.3) is 0 Å². The van der Waals surface area contributed by atoms with Crippen LogP contribution in [-0.4, -0.2) is 122 Å². The molecular formula is C18H35N7O3. The van der Waals surface area contributed by atoms with Gasteiger partial charge in [0.1, 0.15) is 6.04 Å². The van der Waals surface area contributed by atoms with Gasteiger partial charge in [-0.25, -0.2) is 0 Å². The third kappa shape index (κ3) is 6.69. The maximum atomic E-state index is 12.3. The average molecular weight is 398 g/mol. The van der Waals surface area contributed by atoms with Crippen molar-refractivity contribution < 1.29 is 14.4 Å². The fourth-order valence-electron chi connectivity index (χ4n) is 3.33. The molecule has 2 rings (SSSR count). The number of nitrogens with zero attached hydrogens (tertiary/aromatic N) is 4. The fraction of sp³-hybridized carbons (Fsp3) is 0.833. The molecule has 2 fully saturated rings. The van der Waals surface area contributed by atoms with Crippen LogP contribution in [0.5, 0.6) is 0 Å². The van der Waals surface area contributed by atoms with E-state index in [1.54, 1.807) is 9.80 Å². The Morgan fingerprint density at radius 1 is 0.786 bits per heavy atom. The van der Waals surface area contributed by atoms with Crippen LogP contribution in [0.2, 0.25) is 0 Å². The maximum absolute atomic E-state index is 12.3. The van der Waals surface area contributed by atoms with Crippen LogP contribution >= 0.6 is 0 Å². The Labute approximate surface area is 167 Å². The third-order valence-electron chi connectivity index (χ3n) is 5.47. The lowest BCUT2D eigenvalue weighted by atomic mass is 10.1. The summed E-state index contributed by atoms with van der Waals surface area (Å²) in [5.41, 5.74) is 11.9. The molecule has 0 aliphatic carbocycles. The summed E-state index contributed by atoms with van der Waals surface area (Å²) in [6, 6.07) is -1.44. The number of hydrogen-bond donors (Lipinski definition) is 3. The quantitative estimate of drug-likeness (QED) is 0.420. The van der Waals surface area contributed by atoms with E-state index in [0.29, 0.717) is 26.2 Å². The molecule has 160 valence electrons. The highest BCUT2D eigenvalue weighted by Crippen LogP contribution is 2.05. The average Bonchev–Trinajstić information content (AvgIpc) is 2.70. The Bertz CT molecular complexity index is 497. The molecule has 0 aromatic heterocycles. The SMILES string of the molecule is CN1CCN(C(=O)[C@@H](N)CCC(=O)NC[C@H](N)C(=O)N2CCN(C)CC2)CC1. The van der Waals surface area contributed by atoms with Gasteiger partial charge in [-0.1, -0.05) is 0 Å². The predicted molar refractivity (Wildman–Crippen MR) is 106 cm³/mol. The normalized spacial score (nSPS) is 21.3. The summed E-state index contributed by atoms with van der Waals surface area (Å²) >= 11 is 0. The second-order valence-corrected chi connectivity index (χ2v) is 7.81. The zero-order valence-electron chi connectivity index (χ0n) is 17.1. The Kier molecular flexibility index (Phi) is 8.61. The van der Waals surface area contributed by atoms with Gasteiger partial charge in [-0.2, -0.15) is 0 Å². The molecule has 5 N–H and O–H groups in total. The summed E-state index contributed by atoms with van der Waals surface area (Å²) in [6.45, 7) is 6.04.